The van der Waals surface area contributed by atoms with Gasteiger partial charge >= 0.3 is 0 Å². The van der Waals surface area contributed by atoms with Crippen LogP contribution in [0.3, 0.4) is 0 Å². The first-order chi connectivity index (χ1) is 13.6. The number of rotatable bonds is 5. The van der Waals surface area contributed by atoms with E-state index in [0.717, 1.165) is 35.1 Å². The molecule has 3 aromatic rings. The van der Waals surface area contributed by atoms with Gasteiger partial charge in [0.05, 0.1) is 24.7 Å². The average Bonchev–Trinajstić information content (AvgIpc) is 3.14. The number of thiazole rings is 1. The zero-order chi connectivity index (χ0) is 19.5. The van der Waals surface area contributed by atoms with Crippen LogP contribution in [-0.2, 0) is 9.53 Å². The van der Waals surface area contributed by atoms with E-state index in [1.165, 1.54) is 35.5 Å². The minimum atomic E-state index is -0.819. The van der Waals surface area contributed by atoms with Gasteiger partial charge < -0.3 is 15.0 Å². The lowest BCUT2D eigenvalue weighted by Crippen LogP contribution is -2.36. The first kappa shape index (κ1) is 19.0. The lowest BCUT2D eigenvalue weighted by atomic mass is 10.3. The smallest absolute Gasteiger partial charge is 0.234 e. The average molecular weight is 423 g/mol. The molecule has 1 aliphatic heterocycles. The predicted octanol–water partition coefficient (Wildman–Crippen LogP) is 2.93. The van der Waals surface area contributed by atoms with E-state index in [1.807, 2.05) is 0 Å². The van der Waals surface area contributed by atoms with Gasteiger partial charge in [-0.1, -0.05) is 23.1 Å². The van der Waals surface area contributed by atoms with Crippen LogP contribution in [0, 0.1) is 11.6 Å². The molecule has 7 nitrogen and oxygen atoms in total. The molecular weight excluding hydrogens is 408 g/mol. The highest BCUT2D eigenvalue weighted by Crippen LogP contribution is 2.34. The number of carbonyl (C=O) groups excluding carboxylic acids is 1. The zero-order valence-electron chi connectivity index (χ0n) is 14.5. The quantitative estimate of drug-likeness (QED) is 0.499. The molecule has 3 heterocycles. The molecule has 0 radical (unpaired) electrons. The van der Waals surface area contributed by atoms with E-state index in [-0.39, 0.29) is 11.4 Å². The van der Waals surface area contributed by atoms with Crippen molar-refractivity contribution in [3.8, 4) is 0 Å². The number of benzene rings is 1. The van der Waals surface area contributed by atoms with E-state index in [4.69, 9.17) is 4.74 Å². The van der Waals surface area contributed by atoms with Crippen molar-refractivity contribution in [2.75, 3.05) is 42.3 Å². The third kappa shape index (κ3) is 4.21. The Morgan fingerprint density at radius 3 is 2.89 bits per heavy atom. The number of amides is 1. The van der Waals surface area contributed by atoms with Gasteiger partial charge in [-0.3, -0.25) is 4.79 Å². The fourth-order valence-electron chi connectivity index (χ4n) is 2.63. The van der Waals surface area contributed by atoms with Gasteiger partial charge in [0.1, 0.15) is 27.7 Å². The minimum absolute atomic E-state index is 0.0215. The molecule has 0 atom stereocenters. The van der Waals surface area contributed by atoms with Crippen molar-refractivity contribution in [1.29, 1.82) is 0 Å². The number of ether oxygens (including phenoxy) is 1. The molecule has 1 saturated heterocycles. The summed E-state index contributed by atoms with van der Waals surface area (Å²) in [6, 6.07) is 3.00. The number of morpholine rings is 1. The van der Waals surface area contributed by atoms with Gasteiger partial charge in [0, 0.05) is 19.2 Å². The van der Waals surface area contributed by atoms with Gasteiger partial charge in [-0.05, 0) is 12.1 Å². The number of thioether (sulfide) groups is 1. The Balaban J connectivity index is 1.45. The number of nitrogens with zero attached hydrogens (tertiary/aromatic N) is 4. The molecule has 28 heavy (non-hydrogen) atoms. The molecule has 11 heteroatoms. The summed E-state index contributed by atoms with van der Waals surface area (Å²) in [5.74, 6) is -1.91. The summed E-state index contributed by atoms with van der Waals surface area (Å²) in [5.41, 5.74) is 0.515. The summed E-state index contributed by atoms with van der Waals surface area (Å²) in [6.45, 7) is 2.84. The minimum Gasteiger partial charge on any atom is -0.378 e. The maximum atomic E-state index is 13.7. The molecule has 0 saturated carbocycles. The Labute approximate surface area is 167 Å². The van der Waals surface area contributed by atoms with Crippen molar-refractivity contribution in [2.24, 2.45) is 0 Å². The number of nitrogens with one attached hydrogen (secondary N) is 1. The summed E-state index contributed by atoms with van der Waals surface area (Å²) in [4.78, 5) is 27.3. The first-order valence-corrected chi connectivity index (χ1v) is 10.2. The summed E-state index contributed by atoms with van der Waals surface area (Å²) < 4.78 is 32.8. The summed E-state index contributed by atoms with van der Waals surface area (Å²) >= 11 is 2.68. The highest BCUT2D eigenvalue weighted by molar-refractivity contribution is 8.00. The van der Waals surface area contributed by atoms with Crippen LogP contribution >= 0.6 is 23.1 Å². The van der Waals surface area contributed by atoms with Crippen LogP contribution in [0.4, 0.5) is 19.6 Å². The normalized spacial score (nSPS) is 14.4. The molecule has 1 N–H and O–H groups in total. The predicted molar refractivity (Wildman–Crippen MR) is 104 cm³/mol. The van der Waals surface area contributed by atoms with Crippen molar-refractivity contribution < 1.29 is 18.3 Å². The molecule has 0 bridgehead atoms. The van der Waals surface area contributed by atoms with Crippen molar-refractivity contribution >= 4 is 50.2 Å². The number of halogens is 2. The largest absolute Gasteiger partial charge is 0.378 e. The van der Waals surface area contributed by atoms with Crippen LogP contribution in [0.2, 0.25) is 0 Å². The molecule has 0 spiro atoms. The second-order valence-corrected chi connectivity index (χ2v) is 7.83. The van der Waals surface area contributed by atoms with Gasteiger partial charge in [-0.2, -0.15) is 4.98 Å². The monoisotopic (exact) mass is 423 g/mol. The maximum Gasteiger partial charge on any atom is 0.234 e. The molecule has 4 rings (SSSR count). The molecular formula is C17H15F2N5O2S2. The molecule has 1 aliphatic rings. The van der Waals surface area contributed by atoms with Crippen LogP contribution in [0.15, 0.2) is 29.6 Å². The third-order valence-corrected chi connectivity index (χ3v) is 6.20. The highest BCUT2D eigenvalue weighted by atomic mass is 32.2. The number of fused-ring (bicyclic) bond motifs is 1. The van der Waals surface area contributed by atoms with E-state index in [9.17, 15) is 13.6 Å². The Kier molecular flexibility index (Phi) is 5.64. The van der Waals surface area contributed by atoms with Gasteiger partial charge in [-0.15, -0.1) is 0 Å². The second kappa shape index (κ2) is 8.33. The van der Waals surface area contributed by atoms with Crippen molar-refractivity contribution in [1.82, 2.24) is 15.0 Å². The number of aromatic nitrogens is 3. The summed E-state index contributed by atoms with van der Waals surface area (Å²) in [5, 5.41) is 3.92. The molecule has 1 aromatic carbocycles. The van der Waals surface area contributed by atoms with Gasteiger partial charge in [0.2, 0.25) is 5.91 Å². The van der Waals surface area contributed by atoms with Crippen LogP contribution in [0.25, 0.3) is 10.3 Å². The molecule has 1 fully saturated rings. The Morgan fingerprint density at radius 1 is 1.29 bits per heavy atom. The van der Waals surface area contributed by atoms with Gasteiger partial charge in [0.15, 0.2) is 10.8 Å². The van der Waals surface area contributed by atoms with Crippen molar-refractivity contribution in [2.45, 2.75) is 5.03 Å². The Bertz CT molecular complexity index is 1010. The molecule has 0 unspecified atom stereocenters. The SMILES string of the molecule is O=C(CSc1ncnc2nc(N3CCOCC3)sc12)Nc1ccc(F)cc1F. The van der Waals surface area contributed by atoms with Gasteiger partial charge in [0.25, 0.3) is 0 Å². The van der Waals surface area contributed by atoms with E-state index in [1.54, 1.807) is 0 Å². The first-order valence-electron chi connectivity index (χ1n) is 8.42. The molecule has 0 aliphatic carbocycles. The third-order valence-electron chi connectivity index (χ3n) is 3.97. The summed E-state index contributed by atoms with van der Waals surface area (Å²) in [7, 11) is 0. The van der Waals surface area contributed by atoms with Crippen LogP contribution < -0.4 is 10.2 Å². The molecule has 1 amide bonds. The summed E-state index contributed by atoms with van der Waals surface area (Å²) in [6.07, 6.45) is 1.41. The van der Waals surface area contributed by atoms with Crippen molar-refractivity contribution in [3.63, 3.8) is 0 Å². The lowest BCUT2D eigenvalue weighted by Gasteiger charge is -2.25. The van der Waals surface area contributed by atoms with E-state index >= 15 is 0 Å². The van der Waals surface area contributed by atoms with E-state index in [2.05, 4.69) is 25.2 Å². The zero-order valence-corrected chi connectivity index (χ0v) is 16.2. The van der Waals surface area contributed by atoms with E-state index < -0.39 is 17.5 Å². The van der Waals surface area contributed by atoms with Crippen LogP contribution in [0.5, 0.6) is 0 Å². The highest BCUT2D eigenvalue weighted by Gasteiger charge is 2.18. The molecule has 2 aromatic heterocycles. The topological polar surface area (TPSA) is 80.2 Å². The van der Waals surface area contributed by atoms with E-state index in [0.29, 0.717) is 23.9 Å². The van der Waals surface area contributed by atoms with Gasteiger partial charge in [-0.25, -0.2) is 18.7 Å². The van der Waals surface area contributed by atoms with Crippen molar-refractivity contribution in [3.05, 3.63) is 36.2 Å². The Morgan fingerprint density at radius 2 is 2.11 bits per heavy atom. The lowest BCUT2D eigenvalue weighted by molar-refractivity contribution is -0.113. The number of hydrogen-bond donors (Lipinski definition) is 1. The fourth-order valence-corrected chi connectivity index (χ4v) is 4.57. The van der Waals surface area contributed by atoms with Crippen LogP contribution in [-0.4, -0.2) is 52.9 Å². The fraction of sp³-hybridized carbons (Fsp3) is 0.294. The number of anilines is 2. The van der Waals surface area contributed by atoms with Crippen LogP contribution in [0.1, 0.15) is 0 Å². The Hall–Kier alpha value is -2.37. The standard InChI is InChI=1S/C17H15F2N5O2S2/c18-10-1-2-12(11(19)7-10)22-13(25)8-27-16-14-15(20-9-21-16)23-17(28-14)24-3-5-26-6-4-24/h1-2,7,9H,3-6,8H2,(H,22,25). The maximum absolute atomic E-state index is 13.7. The molecule has 146 valence electrons. The number of hydrogen-bond acceptors (Lipinski definition) is 8. The number of carbonyl (C=O) groups is 1. The second-order valence-electron chi connectivity index (χ2n) is 5.89.